The highest BCUT2D eigenvalue weighted by Crippen LogP contribution is 2.20. The lowest BCUT2D eigenvalue weighted by Gasteiger charge is -2.04. The highest BCUT2D eigenvalue weighted by molar-refractivity contribution is 6.36. The Morgan fingerprint density at radius 2 is 2.12 bits per heavy atom. The quantitative estimate of drug-likeness (QED) is 0.443. The molecule has 1 heterocycles. The fraction of sp³-hybridized carbons (Fsp3) is 0.0833. The summed E-state index contributed by atoms with van der Waals surface area (Å²) in [7, 11) is 1.50. The lowest BCUT2D eigenvalue weighted by atomic mass is 10.1. The number of rotatable bonds is 3. The summed E-state index contributed by atoms with van der Waals surface area (Å²) in [5.74, 6) is -0.162. The van der Waals surface area contributed by atoms with Gasteiger partial charge in [0.1, 0.15) is 0 Å². The van der Waals surface area contributed by atoms with Crippen LogP contribution in [0.15, 0.2) is 30.3 Å². The van der Waals surface area contributed by atoms with Crippen LogP contribution in [-0.4, -0.2) is 24.2 Å². The summed E-state index contributed by atoms with van der Waals surface area (Å²) >= 11 is 0. The van der Waals surface area contributed by atoms with Crippen LogP contribution in [0.1, 0.15) is 10.4 Å². The van der Waals surface area contributed by atoms with Gasteiger partial charge in [-0.25, -0.2) is 4.98 Å². The molecule has 4 nitrogen and oxygen atoms in total. The smallest absolute Gasteiger partial charge is 0.227 e. The molecule has 16 heavy (non-hydrogen) atoms. The summed E-state index contributed by atoms with van der Waals surface area (Å²) in [5, 5.41) is 0.800. The Kier molecular flexibility index (Phi) is 2.64. The minimum atomic E-state index is -0.577. The van der Waals surface area contributed by atoms with Gasteiger partial charge in [-0.2, -0.15) is 0 Å². The maximum absolute atomic E-state index is 11.4. The van der Waals surface area contributed by atoms with Crippen LogP contribution in [0.5, 0.6) is 5.88 Å². The van der Waals surface area contributed by atoms with Gasteiger partial charge in [-0.15, -0.1) is 0 Å². The standard InChI is InChI=1S/C12H9NO3/c1-16-11-6-5-8-3-2-4-9(10(15)7-14)12(8)13-11/h2-7H,1H3. The number of methoxy groups -OCH3 is 1. The number of hydrogen-bond donors (Lipinski definition) is 0. The predicted molar refractivity (Wildman–Crippen MR) is 58.7 cm³/mol. The number of carbonyl (C=O) groups excluding carboxylic acids is 2. The molecular weight excluding hydrogens is 206 g/mol. The summed E-state index contributed by atoms with van der Waals surface area (Å²) in [6.45, 7) is 0. The number of fused-ring (bicyclic) bond motifs is 1. The van der Waals surface area contributed by atoms with E-state index in [1.165, 1.54) is 7.11 Å². The second-order valence-electron chi connectivity index (χ2n) is 3.21. The lowest BCUT2D eigenvalue weighted by molar-refractivity contribution is -0.104. The first-order valence-corrected chi connectivity index (χ1v) is 4.69. The van der Waals surface area contributed by atoms with Gasteiger partial charge >= 0.3 is 0 Å². The topological polar surface area (TPSA) is 56.3 Å². The summed E-state index contributed by atoms with van der Waals surface area (Å²) in [6, 6.07) is 8.61. The van der Waals surface area contributed by atoms with Gasteiger partial charge in [-0.3, -0.25) is 9.59 Å². The molecule has 0 amide bonds. The van der Waals surface area contributed by atoms with E-state index in [9.17, 15) is 9.59 Å². The fourth-order valence-electron chi connectivity index (χ4n) is 1.51. The average Bonchev–Trinajstić information content (AvgIpc) is 2.36. The molecule has 4 heteroatoms. The Morgan fingerprint density at radius 3 is 2.81 bits per heavy atom. The van der Waals surface area contributed by atoms with Crippen LogP contribution in [0, 0.1) is 0 Å². The van der Waals surface area contributed by atoms with Gasteiger partial charge in [0.2, 0.25) is 11.7 Å². The third-order valence-corrected chi connectivity index (χ3v) is 2.28. The number of Topliss-reactive ketones (excluding diaryl/α,β-unsaturated/α-hetero) is 1. The summed E-state index contributed by atoms with van der Waals surface area (Å²) in [5.41, 5.74) is 0.783. The fourth-order valence-corrected chi connectivity index (χ4v) is 1.51. The van der Waals surface area contributed by atoms with Gasteiger partial charge in [0.25, 0.3) is 0 Å². The van der Waals surface area contributed by atoms with Crippen LogP contribution in [0.25, 0.3) is 10.9 Å². The molecule has 0 spiro atoms. The van der Waals surface area contributed by atoms with E-state index in [4.69, 9.17) is 4.74 Å². The van der Waals surface area contributed by atoms with Gasteiger partial charge < -0.3 is 4.74 Å². The minimum absolute atomic E-state index is 0.288. The van der Waals surface area contributed by atoms with Crippen molar-refractivity contribution in [1.29, 1.82) is 0 Å². The molecule has 0 atom stereocenters. The van der Waals surface area contributed by atoms with E-state index in [1.807, 2.05) is 6.07 Å². The highest BCUT2D eigenvalue weighted by Gasteiger charge is 2.10. The number of pyridine rings is 1. The largest absolute Gasteiger partial charge is 0.481 e. The van der Waals surface area contributed by atoms with E-state index < -0.39 is 5.78 Å². The van der Waals surface area contributed by atoms with Crippen LogP contribution in [0.3, 0.4) is 0 Å². The number of ketones is 1. The first-order chi connectivity index (χ1) is 7.76. The van der Waals surface area contributed by atoms with Crippen molar-refractivity contribution in [3.05, 3.63) is 35.9 Å². The number of ether oxygens (including phenoxy) is 1. The van der Waals surface area contributed by atoms with Crippen LogP contribution in [0.2, 0.25) is 0 Å². The third-order valence-electron chi connectivity index (χ3n) is 2.28. The van der Waals surface area contributed by atoms with E-state index in [0.717, 1.165) is 5.39 Å². The maximum Gasteiger partial charge on any atom is 0.227 e. The van der Waals surface area contributed by atoms with Crippen molar-refractivity contribution in [2.75, 3.05) is 7.11 Å². The molecule has 1 aromatic heterocycles. The predicted octanol–water partition coefficient (Wildman–Crippen LogP) is 1.62. The first kappa shape index (κ1) is 10.3. The molecule has 0 aliphatic rings. The number of nitrogens with zero attached hydrogens (tertiary/aromatic N) is 1. The van der Waals surface area contributed by atoms with Gasteiger partial charge in [-0.05, 0) is 12.1 Å². The van der Waals surface area contributed by atoms with Gasteiger partial charge in [0.15, 0.2) is 6.29 Å². The Morgan fingerprint density at radius 1 is 1.31 bits per heavy atom. The number of hydrogen-bond acceptors (Lipinski definition) is 4. The van der Waals surface area contributed by atoms with E-state index in [2.05, 4.69) is 4.98 Å². The monoisotopic (exact) mass is 215 g/mol. The Balaban J connectivity index is 2.73. The minimum Gasteiger partial charge on any atom is -0.481 e. The molecule has 1 aromatic carbocycles. The van der Waals surface area contributed by atoms with Crippen LogP contribution in [-0.2, 0) is 4.79 Å². The molecule has 2 rings (SSSR count). The van der Waals surface area contributed by atoms with E-state index in [1.54, 1.807) is 24.3 Å². The van der Waals surface area contributed by atoms with E-state index >= 15 is 0 Å². The zero-order chi connectivity index (χ0) is 11.5. The molecule has 0 bridgehead atoms. The van der Waals surface area contributed by atoms with Crippen LogP contribution in [0.4, 0.5) is 0 Å². The molecule has 0 aliphatic heterocycles. The van der Waals surface area contributed by atoms with E-state index in [0.29, 0.717) is 17.0 Å². The van der Waals surface area contributed by atoms with Crippen molar-refractivity contribution in [2.45, 2.75) is 0 Å². The van der Waals surface area contributed by atoms with Crippen LogP contribution >= 0.6 is 0 Å². The normalized spacial score (nSPS) is 10.1. The molecule has 0 fully saturated rings. The van der Waals surface area contributed by atoms with Crippen molar-refractivity contribution >= 4 is 23.0 Å². The first-order valence-electron chi connectivity index (χ1n) is 4.69. The van der Waals surface area contributed by atoms with Crippen molar-refractivity contribution < 1.29 is 14.3 Å². The average molecular weight is 215 g/mol. The molecule has 0 saturated carbocycles. The lowest BCUT2D eigenvalue weighted by Crippen LogP contribution is -2.02. The number of carbonyl (C=O) groups is 2. The molecule has 0 N–H and O–H groups in total. The molecule has 0 saturated heterocycles. The van der Waals surface area contributed by atoms with Gasteiger partial charge in [0.05, 0.1) is 18.2 Å². The number of para-hydroxylation sites is 1. The highest BCUT2D eigenvalue weighted by atomic mass is 16.5. The zero-order valence-electron chi connectivity index (χ0n) is 8.64. The number of benzene rings is 1. The third kappa shape index (κ3) is 1.65. The number of aromatic nitrogens is 1. The summed E-state index contributed by atoms with van der Waals surface area (Å²) in [6.07, 6.45) is 0.288. The second kappa shape index (κ2) is 4.10. The Bertz CT molecular complexity index is 563. The Hall–Kier alpha value is -2.23. The van der Waals surface area contributed by atoms with Crippen molar-refractivity contribution in [3.63, 3.8) is 0 Å². The van der Waals surface area contributed by atoms with Crippen molar-refractivity contribution in [3.8, 4) is 5.88 Å². The van der Waals surface area contributed by atoms with Gasteiger partial charge in [-0.1, -0.05) is 12.1 Å². The van der Waals surface area contributed by atoms with Gasteiger partial charge in [0, 0.05) is 11.5 Å². The molecule has 0 aliphatic carbocycles. The maximum atomic E-state index is 11.4. The Labute approximate surface area is 91.9 Å². The molecule has 0 unspecified atom stereocenters. The zero-order valence-corrected chi connectivity index (χ0v) is 8.64. The molecular formula is C12H9NO3. The van der Waals surface area contributed by atoms with Crippen LogP contribution < -0.4 is 4.74 Å². The van der Waals surface area contributed by atoms with E-state index in [-0.39, 0.29) is 6.29 Å². The second-order valence-corrected chi connectivity index (χ2v) is 3.21. The summed E-state index contributed by atoms with van der Waals surface area (Å²) in [4.78, 5) is 26.0. The SMILES string of the molecule is COc1ccc2cccc(C(=O)C=O)c2n1. The number of aldehydes is 1. The van der Waals surface area contributed by atoms with Crippen molar-refractivity contribution in [2.24, 2.45) is 0 Å². The molecule has 80 valence electrons. The van der Waals surface area contributed by atoms with Crippen molar-refractivity contribution in [1.82, 2.24) is 4.98 Å². The summed E-state index contributed by atoms with van der Waals surface area (Å²) < 4.78 is 4.98. The molecule has 0 radical (unpaired) electrons. The molecule has 2 aromatic rings.